The first-order valence-corrected chi connectivity index (χ1v) is 12.3. The molecule has 0 aliphatic heterocycles. The van der Waals surface area contributed by atoms with E-state index in [0.29, 0.717) is 11.3 Å². The first-order chi connectivity index (χ1) is 16.4. The van der Waals surface area contributed by atoms with Crippen LogP contribution in [0.5, 0.6) is 5.75 Å². The van der Waals surface area contributed by atoms with Crippen molar-refractivity contribution in [2.45, 2.75) is 63.1 Å². The van der Waals surface area contributed by atoms with Gasteiger partial charge in [-0.15, -0.1) is 0 Å². The zero-order valence-corrected chi connectivity index (χ0v) is 20.6. The molecule has 0 saturated heterocycles. The van der Waals surface area contributed by atoms with Gasteiger partial charge in [-0.3, -0.25) is 14.4 Å². The van der Waals surface area contributed by atoms with Gasteiger partial charge < -0.3 is 42.1 Å². The molecule has 12 nitrogen and oxygen atoms in total. The molecule has 6 unspecified atom stereocenters. The van der Waals surface area contributed by atoms with Crippen LogP contribution in [0.15, 0.2) is 24.3 Å². The van der Waals surface area contributed by atoms with Gasteiger partial charge in [0.2, 0.25) is 17.7 Å². The van der Waals surface area contributed by atoms with Gasteiger partial charge in [0.05, 0.1) is 12.2 Å². The summed E-state index contributed by atoms with van der Waals surface area (Å²) in [4.78, 5) is 49.7. The van der Waals surface area contributed by atoms with Gasteiger partial charge in [-0.05, 0) is 50.0 Å². The van der Waals surface area contributed by atoms with Crippen LogP contribution in [0.2, 0.25) is 0 Å². The minimum atomic E-state index is -1.51. The number of hydrogen-bond donors (Lipinski definition) is 8. The van der Waals surface area contributed by atoms with Crippen molar-refractivity contribution in [3.8, 4) is 5.75 Å². The van der Waals surface area contributed by atoms with Crippen molar-refractivity contribution in [2.75, 3.05) is 12.0 Å². The topological polar surface area (TPSA) is 211 Å². The van der Waals surface area contributed by atoms with Gasteiger partial charge in [0.25, 0.3) is 0 Å². The Morgan fingerprint density at radius 2 is 1.49 bits per heavy atom. The number of aliphatic carboxylic acids is 1. The zero-order valence-electron chi connectivity index (χ0n) is 19.8. The zero-order chi connectivity index (χ0) is 26.7. The van der Waals surface area contributed by atoms with Crippen LogP contribution in [0, 0.1) is 0 Å². The van der Waals surface area contributed by atoms with Gasteiger partial charge in [0.15, 0.2) is 0 Å². The standard InChI is InChI=1S/C22H34N4O8S/c1-11(27)17(23)20(31)26-18(12(2)28)21(32)25-16(10-13-4-6-14(29)7-5-13)19(30)24-15(22(33)34)8-9-35-3/h4-7,11-12,15-18,27-29H,8-10,23H2,1-3H3,(H,24,30)(H,25,32)(H,26,31)(H,33,34). The van der Waals surface area contributed by atoms with E-state index >= 15 is 0 Å². The van der Waals surface area contributed by atoms with E-state index in [1.165, 1.54) is 49.9 Å². The molecular weight excluding hydrogens is 480 g/mol. The number of phenolic OH excluding ortho intramolecular Hbond substituents is 1. The minimum Gasteiger partial charge on any atom is -0.508 e. The Bertz CT molecular complexity index is 866. The van der Waals surface area contributed by atoms with Gasteiger partial charge in [0, 0.05) is 6.42 Å². The highest BCUT2D eigenvalue weighted by Gasteiger charge is 2.33. The number of nitrogens with two attached hydrogens (primary N) is 1. The molecule has 1 rings (SSSR count). The molecular formula is C22H34N4O8S. The third-order valence-electron chi connectivity index (χ3n) is 5.12. The average Bonchev–Trinajstić information content (AvgIpc) is 2.79. The molecule has 35 heavy (non-hydrogen) atoms. The Morgan fingerprint density at radius 3 is 1.97 bits per heavy atom. The average molecular weight is 515 g/mol. The summed E-state index contributed by atoms with van der Waals surface area (Å²) in [7, 11) is 0. The first-order valence-electron chi connectivity index (χ1n) is 10.9. The van der Waals surface area contributed by atoms with E-state index in [1.807, 2.05) is 0 Å². The van der Waals surface area contributed by atoms with Gasteiger partial charge in [-0.1, -0.05) is 12.1 Å². The molecule has 1 aromatic rings. The van der Waals surface area contributed by atoms with E-state index in [1.54, 1.807) is 6.26 Å². The van der Waals surface area contributed by atoms with Crippen molar-refractivity contribution in [1.82, 2.24) is 16.0 Å². The first kappa shape index (κ1) is 30.2. The predicted octanol–water partition coefficient (Wildman–Crippen LogP) is -1.68. The number of thioether (sulfide) groups is 1. The molecule has 6 atom stereocenters. The van der Waals surface area contributed by atoms with E-state index in [2.05, 4.69) is 16.0 Å². The van der Waals surface area contributed by atoms with Crippen LogP contribution >= 0.6 is 11.8 Å². The highest BCUT2D eigenvalue weighted by atomic mass is 32.2. The summed E-state index contributed by atoms with van der Waals surface area (Å²) in [5.74, 6) is -3.34. The van der Waals surface area contributed by atoms with Gasteiger partial charge in [-0.2, -0.15) is 11.8 Å². The lowest BCUT2D eigenvalue weighted by Gasteiger charge is -2.27. The minimum absolute atomic E-state index is 0.00636. The monoisotopic (exact) mass is 514 g/mol. The van der Waals surface area contributed by atoms with Gasteiger partial charge in [-0.25, -0.2) is 4.79 Å². The molecule has 0 aliphatic rings. The van der Waals surface area contributed by atoms with Crippen LogP contribution in [-0.4, -0.2) is 92.5 Å². The molecule has 0 aromatic heterocycles. The van der Waals surface area contributed by atoms with Gasteiger partial charge in [0.1, 0.15) is 29.9 Å². The molecule has 0 heterocycles. The smallest absolute Gasteiger partial charge is 0.326 e. The lowest BCUT2D eigenvalue weighted by Crippen LogP contribution is -2.61. The molecule has 0 saturated carbocycles. The highest BCUT2D eigenvalue weighted by Crippen LogP contribution is 2.12. The fraction of sp³-hybridized carbons (Fsp3) is 0.545. The lowest BCUT2D eigenvalue weighted by atomic mass is 10.0. The molecule has 0 spiro atoms. The van der Waals surface area contributed by atoms with E-state index < -0.39 is 60.1 Å². The molecule has 0 radical (unpaired) electrons. The second-order valence-corrected chi connectivity index (χ2v) is 9.09. The number of amides is 3. The number of nitrogens with one attached hydrogen (secondary N) is 3. The summed E-state index contributed by atoms with van der Waals surface area (Å²) in [6, 6.07) is 0.515. The van der Waals surface area contributed by atoms with E-state index in [0.717, 1.165) is 0 Å². The number of aliphatic hydroxyl groups excluding tert-OH is 2. The Hall–Kier alpha value is -2.87. The van der Waals surface area contributed by atoms with Crippen molar-refractivity contribution in [3.63, 3.8) is 0 Å². The van der Waals surface area contributed by atoms with Crippen molar-refractivity contribution in [2.24, 2.45) is 5.73 Å². The number of aromatic hydroxyl groups is 1. The molecule has 0 fully saturated rings. The predicted molar refractivity (Wildman–Crippen MR) is 130 cm³/mol. The number of carbonyl (C=O) groups is 4. The molecule has 0 bridgehead atoms. The fourth-order valence-corrected chi connectivity index (χ4v) is 3.45. The molecule has 13 heteroatoms. The second-order valence-electron chi connectivity index (χ2n) is 8.11. The Balaban J connectivity index is 3.12. The number of carbonyl (C=O) groups excluding carboxylic acids is 3. The Kier molecular flexibility index (Phi) is 12.5. The van der Waals surface area contributed by atoms with Crippen LogP contribution in [0.3, 0.4) is 0 Å². The van der Waals surface area contributed by atoms with E-state index in [9.17, 15) is 39.6 Å². The third kappa shape index (κ3) is 10.1. The number of aliphatic hydroxyl groups is 2. The lowest BCUT2D eigenvalue weighted by molar-refractivity contribution is -0.142. The maximum absolute atomic E-state index is 13.0. The largest absolute Gasteiger partial charge is 0.508 e. The number of carboxylic acid groups (broad SMARTS) is 1. The van der Waals surface area contributed by atoms with Crippen LogP contribution < -0.4 is 21.7 Å². The van der Waals surface area contributed by atoms with Crippen LogP contribution in [-0.2, 0) is 25.6 Å². The summed E-state index contributed by atoms with van der Waals surface area (Å²) in [5.41, 5.74) is 6.13. The molecule has 3 amide bonds. The summed E-state index contributed by atoms with van der Waals surface area (Å²) in [6.45, 7) is 2.53. The maximum Gasteiger partial charge on any atom is 0.326 e. The number of benzene rings is 1. The number of hydrogen-bond acceptors (Lipinski definition) is 9. The number of phenols is 1. The highest BCUT2D eigenvalue weighted by molar-refractivity contribution is 7.98. The van der Waals surface area contributed by atoms with Gasteiger partial charge >= 0.3 is 5.97 Å². The van der Waals surface area contributed by atoms with Crippen LogP contribution in [0.4, 0.5) is 0 Å². The molecule has 9 N–H and O–H groups in total. The summed E-state index contributed by atoms with van der Waals surface area (Å²) in [6.07, 6.45) is -0.713. The van der Waals surface area contributed by atoms with Crippen molar-refractivity contribution in [3.05, 3.63) is 29.8 Å². The van der Waals surface area contributed by atoms with E-state index in [-0.39, 0.29) is 18.6 Å². The quantitative estimate of drug-likeness (QED) is 0.141. The summed E-state index contributed by atoms with van der Waals surface area (Å²) < 4.78 is 0. The molecule has 196 valence electrons. The van der Waals surface area contributed by atoms with Crippen LogP contribution in [0.1, 0.15) is 25.8 Å². The number of carboxylic acids is 1. The fourth-order valence-electron chi connectivity index (χ4n) is 2.98. The maximum atomic E-state index is 13.0. The normalized spacial score (nSPS) is 16.2. The summed E-state index contributed by atoms with van der Waals surface area (Å²) >= 11 is 1.41. The molecule has 0 aliphatic carbocycles. The van der Waals surface area contributed by atoms with Crippen molar-refractivity contribution < 1.29 is 39.6 Å². The van der Waals surface area contributed by atoms with Crippen molar-refractivity contribution >= 4 is 35.5 Å². The van der Waals surface area contributed by atoms with Crippen molar-refractivity contribution in [1.29, 1.82) is 0 Å². The van der Waals surface area contributed by atoms with E-state index in [4.69, 9.17) is 5.73 Å². The number of rotatable bonds is 14. The molecule has 1 aromatic carbocycles. The third-order valence-corrected chi connectivity index (χ3v) is 5.76. The Labute approximate surface area is 207 Å². The summed E-state index contributed by atoms with van der Waals surface area (Å²) in [5, 5.41) is 45.6. The van der Waals surface area contributed by atoms with Crippen LogP contribution in [0.25, 0.3) is 0 Å². The SMILES string of the molecule is CSCCC(NC(=O)C(Cc1ccc(O)cc1)NC(=O)C(NC(=O)C(N)C(C)O)C(C)O)C(=O)O. The Morgan fingerprint density at radius 1 is 0.914 bits per heavy atom. The second kappa shape index (κ2) is 14.5.